The van der Waals surface area contributed by atoms with Gasteiger partial charge >= 0.3 is 0 Å². The highest BCUT2D eigenvalue weighted by molar-refractivity contribution is 5.99. The van der Waals surface area contributed by atoms with Gasteiger partial charge in [-0.05, 0) is 55.2 Å². The highest BCUT2D eigenvalue weighted by atomic mass is 16.5. The fraction of sp³-hybridized carbons (Fsp3) is 0.484. The van der Waals surface area contributed by atoms with Gasteiger partial charge in [-0.3, -0.25) is 14.4 Å². The molecule has 1 N–H and O–H groups in total. The molecule has 3 aliphatic heterocycles. The van der Waals surface area contributed by atoms with Crippen molar-refractivity contribution in [2.45, 2.75) is 51.1 Å². The van der Waals surface area contributed by atoms with Crippen LogP contribution >= 0.6 is 0 Å². The first-order valence-corrected chi connectivity index (χ1v) is 14.9. The molecule has 2 saturated heterocycles. The van der Waals surface area contributed by atoms with E-state index >= 15 is 0 Å². The highest BCUT2D eigenvalue weighted by Crippen LogP contribution is 2.31. The molecule has 3 aromatic rings. The monoisotopic (exact) mass is 571 g/mol. The Bertz CT molecular complexity index is 1410. The molecule has 0 unspecified atom stereocenters. The zero-order valence-electron chi connectivity index (χ0n) is 23.7. The number of carbonyl (C=O) groups excluding carboxylic acids is 3. The molecule has 2 fully saturated rings. The summed E-state index contributed by atoms with van der Waals surface area (Å²) in [7, 11) is 0. The fourth-order valence-corrected chi connectivity index (χ4v) is 6.33. The van der Waals surface area contributed by atoms with Gasteiger partial charge in [0.15, 0.2) is 0 Å². The van der Waals surface area contributed by atoms with Gasteiger partial charge in [-0.1, -0.05) is 35.5 Å². The number of pyridine rings is 1. The van der Waals surface area contributed by atoms with E-state index in [1.165, 1.54) is 0 Å². The Morgan fingerprint density at radius 1 is 1.02 bits per heavy atom. The number of piperidine rings is 1. The fourth-order valence-electron chi connectivity index (χ4n) is 6.33. The zero-order chi connectivity index (χ0) is 28.9. The number of carbonyl (C=O) groups is 3. The van der Waals surface area contributed by atoms with Gasteiger partial charge in [-0.2, -0.15) is 0 Å². The van der Waals surface area contributed by atoms with Crippen LogP contribution < -0.4 is 10.1 Å². The maximum absolute atomic E-state index is 14.0. The number of aromatic nitrogens is 4. The maximum atomic E-state index is 14.0. The van der Waals surface area contributed by atoms with Gasteiger partial charge in [0, 0.05) is 51.4 Å². The van der Waals surface area contributed by atoms with E-state index in [4.69, 9.17) is 4.74 Å². The van der Waals surface area contributed by atoms with Crippen molar-refractivity contribution >= 4 is 17.7 Å². The molecule has 3 aliphatic rings. The number of hydrogen-bond acceptors (Lipinski definition) is 7. The molecule has 0 radical (unpaired) electrons. The molecule has 0 aliphatic carbocycles. The van der Waals surface area contributed by atoms with Gasteiger partial charge in [-0.25, -0.2) is 9.67 Å². The van der Waals surface area contributed by atoms with Crippen LogP contribution in [0.2, 0.25) is 0 Å². The van der Waals surface area contributed by atoms with Crippen LogP contribution in [0.25, 0.3) is 0 Å². The molecule has 0 spiro atoms. The minimum absolute atomic E-state index is 0.101. The van der Waals surface area contributed by atoms with E-state index in [2.05, 4.69) is 20.6 Å². The molecule has 5 heterocycles. The number of nitrogens with one attached hydrogen (secondary N) is 1. The number of ether oxygens (including phenoxy) is 1. The number of hydrogen-bond donors (Lipinski definition) is 1. The van der Waals surface area contributed by atoms with Crippen LogP contribution in [-0.2, 0) is 22.6 Å². The molecule has 11 heteroatoms. The predicted molar refractivity (Wildman–Crippen MR) is 153 cm³/mol. The van der Waals surface area contributed by atoms with Gasteiger partial charge in [0.2, 0.25) is 17.7 Å². The SMILES string of the molecule is O=C1N[C@H](Cc2cn(Cc3ccccc3)nn2)C(=O)N2CC[C@@H](CC(=O)N3CCCC3)[C@@H](CCOc3ncccc31)C2. The van der Waals surface area contributed by atoms with Gasteiger partial charge in [-0.15, -0.1) is 5.10 Å². The lowest BCUT2D eigenvalue weighted by Crippen LogP contribution is -2.54. The van der Waals surface area contributed by atoms with E-state index < -0.39 is 11.9 Å². The Labute approximate surface area is 245 Å². The average Bonchev–Trinajstić information content (AvgIpc) is 3.70. The van der Waals surface area contributed by atoms with Crippen LogP contribution in [0.1, 0.15) is 53.7 Å². The Morgan fingerprint density at radius 3 is 2.69 bits per heavy atom. The summed E-state index contributed by atoms with van der Waals surface area (Å²) in [5.74, 6) is 0.151. The second-order valence-corrected chi connectivity index (χ2v) is 11.5. The number of amides is 3. The first-order valence-electron chi connectivity index (χ1n) is 14.9. The summed E-state index contributed by atoms with van der Waals surface area (Å²) in [4.78, 5) is 48.6. The molecule has 6 rings (SSSR count). The highest BCUT2D eigenvalue weighted by Gasteiger charge is 2.37. The summed E-state index contributed by atoms with van der Waals surface area (Å²) in [5.41, 5.74) is 1.98. The van der Waals surface area contributed by atoms with Gasteiger partial charge in [0.05, 0.1) is 18.8 Å². The van der Waals surface area contributed by atoms with E-state index in [0.29, 0.717) is 44.8 Å². The van der Waals surface area contributed by atoms with Crippen molar-refractivity contribution < 1.29 is 19.1 Å². The van der Waals surface area contributed by atoms with Gasteiger partial charge in [0.25, 0.3) is 5.91 Å². The summed E-state index contributed by atoms with van der Waals surface area (Å²) < 4.78 is 7.75. The number of benzene rings is 1. The van der Waals surface area contributed by atoms with Crippen molar-refractivity contribution in [3.05, 3.63) is 71.7 Å². The van der Waals surface area contributed by atoms with Crippen molar-refractivity contribution in [2.75, 3.05) is 32.8 Å². The number of rotatable bonds is 6. The quantitative estimate of drug-likeness (QED) is 0.482. The topological polar surface area (TPSA) is 123 Å². The molecule has 11 nitrogen and oxygen atoms in total. The molecule has 2 bridgehead atoms. The maximum Gasteiger partial charge on any atom is 0.257 e. The largest absolute Gasteiger partial charge is 0.477 e. The van der Waals surface area contributed by atoms with Crippen LogP contribution in [0.3, 0.4) is 0 Å². The lowest BCUT2D eigenvalue weighted by Gasteiger charge is -2.40. The number of fused-ring (bicyclic) bond motifs is 3. The normalized spacial score (nSPS) is 22.9. The second-order valence-electron chi connectivity index (χ2n) is 11.5. The number of likely N-dealkylation sites (tertiary alicyclic amines) is 1. The Balaban J connectivity index is 1.22. The first-order chi connectivity index (χ1) is 20.5. The van der Waals surface area contributed by atoms with E-state index in [9.17, 15) is 14.4 Å². The second kappa shape index (κ2) is 12.7. The van der Waals surface area contributed by atoms with Crippen LogP contribution in [-0.4, -0.2) is 86.3 Å². The summed E-state index contributed by atoms with van der Waals surface area (Å²) >= 11 is 0. The standard InChI is InChI=1S/C31H37N7O4/c39-28(36-13-4-5-14-36)17-23-10-15-37-20-24(23)11-16-42-30-26(9-6-12-32-30)29(40)33-27(31(37)41)18-25-21-38(35-34-25)19-22-7-2-1-3-8-22/h1-3,6-9,12,21,23-24,27H,4-5,10-11,13-20H2,(H,33,40)/t23-,24-,27+/m0/s1. The van der Waals surface area contributed by atoms with Crippen molar-refractivity contribution in [1.82, 2.24) is 35.1 Å². The molecule has 0 saturated carbocycles. The van der Waals surface area contributed by atoms with E-state index in [-0.39, 0.29) is 41.5 Å². The molecule has 42 heavy (non-hydrogen) atoms. The minimum Gasteiger partial charge on any atom is -0.477 e. The third-order valence-electron chi connectivity index (χ3n) is 8.63. The smallest absolute Gasteiger partial charge is 0.257 e. The third-order valence-corrected chi connectivity index (χ3v) is 8.63. The van der Waals surface area contributed by atoms with Crippen molar-refractivity contribution in [1.29, 1.82) is 0 Å². The number of nitrogens with zero attached hydrogens (tertiary/aromatic N) is 6. The zero-order valence-corrected chi connectivity index (χ0v) is 23.7. The van der Waals surface area contributed by atoms with Crippen LogP contribution in [0.4, 0.5) is 0 Å². The van der Waals surface area contributed by atoms with Crippen molar-refractivity contribution in [2.24, 2.45) is 11.8 Å². The molecule has 3 atom stereocenters. The molecular weight excluding hydrogens is 534 g/mol. The summed E-state index contributed by atoms with van der Waals surface area (Å²) in [6.45, 7) is 3.64. The van der Waals surface area contributed by atoms with Gasteiger partial charge < -0.3 is 19.9 Å². The van der Waals surface area contributed by atoms with Crippen LogP contribution in [0.5, 0.6) is 5.88 Å². The molecule has 220 valence electrons. The Morgan fingerprint density at radius 2 is 1.86 bits per heavy atom. The first kappa shape index (κ1) is 27.9. The minimum atomic E-state index is -0.838. The average molecular weight is 572 g/mol. The lowest BCUT2D eigenvalue weighted by molar-refractivity contribution is -0.137. The molecular formula is C31H37N7O4. The Hall–Kier alpha value is -4.28. The van der Waals surface area contributed by atoms with Crippen molar-refractivity contribution in [3.63, 3.8) is 0 Å². The summed E-state index contributed by atoms with van der Waals surface area (Å²) in [6.07, 6.45) is 7.63. The molecule has 3 amide bonds. The Kier molecular flexibility index (Phi) is 8.43. The van der Waals surface area contributed by atoms with E-state index in [1.54, 1.807) is 23.0 Å². The lowest BCUT2D eigenvalue weighted by atomic mass is 9.80. The summed E-state index contributed by atoms with van der Waals surface area (Å²) in [5, 5.41) is 11.5. The van der Waals surface area contributed by atoms with E-state index in [1.807, 2.05) is 46.3 Å². The van der Waals surface area contributed by atoms with E-state index in [0.717, 1.165) is 37.9 Å². The molecule has 2 aromatic heterocycles. The summed E-state index contributed by atoms with van der Waals surface area (Å²) in [6, 6.07) is 12.4. The van der Waals surface area contributed by atoms with Crippen LogP contribution in [0, 0.1) is 11.8 Å². The van der Waals surface area contributed by atoms with Gasteiger partial charge in [0.1, 0.15) is 11.6 Å². The van der Waals surface area contributed by atoms with Crippen LogP contribution in [0.15, 0.2) is 54.9 Å². The third kappa shape index (κ3) is 6.45. The predicted octanol–water partition coefficient (Wildman–Crippen LogP) is 2.32. The van der Waals surface area contributed by atoms with Crippen molar-refractivity contribution in [3.8, 4) is 5.88 Å². The molecule has 1 aromatic carbocycles.